The second kappa shape index (κ2) is 6.93. The molecule has 1 fully saturated rings. The highest BCUT2D eigenvalue weighted by molar-refractivity contribution is 6.00. The SMILES string of the molecule is Cc1ccc(/C=C2\CN([C@H](C)c3ccccc3)CCC2=O)cc1. The Balaban J connectivity index is 1.79. The molecular weight excluding hydrogens is 282 g/mol. The van der Waals surface area contributed by atoms with Gasteiger partial charge in [-0.3, -0.25) is 9.69 Å². The van der Waals surface area contributed by atoms with Crippen LogP contribution in [-0.4, -0.2) is 23.8 Å². The molecule has 2 aromatic rings. The van der Waals surface area contributed by atoms with E-state index in [0.717, 1.165) is 24.2 Å². The van der Waals surface area contributed by atoms with Crippen molar-refractivity contribution in [2.24, 2.45) is 0 Å². The Morgan fingerprint density at radius 1 is 1.04 bits per heavy atom. The Hall–Kier alpha value is -2.19. The van der Waals surface area contributed by atoms with Crippen LogP contribution in [0.3, 0.4) is 0 Å². The number of benzene rings is 2. The predicted octanol–water partition coefficient (Wildman–Crippen LogP) is 4.41. The molecule has 0 radical (unpaired) electrons. The van der Waals surface area contributed by atoms with Gasteiger partial charge in [0.05, 0.1) is 0 Å². The van der Waals surface area contributed by atoms with Gasteiger partial charge in [0, 0.05) is 31.1 Å². The molecule has 23 heavy (non-hydrogen) atoms. The van der Waals surface area contributed by atoms with Crippen molar-refractivity contribution in [3.63, 3.8) is 0 Å². The van der Waals surface area contributed by atoms with Gasteiger partial charge in [0.25, 0.3) is 0 Å². The number of hydrogen-bond acceptors (Lipinski definition) is 2. The van der Waals surface area contributed by atoms with Crippen LogP contribution in [0.25, 0.3) is 6.08 Å². The quantitative estimate of drug-likeness (QED) is 0.783. The van der Waals surface area contributed by atoms with Gasteiger partial charge in [-0.15, -0.1) is 0 Å². The summed E-state index contributed by atoms with van der Waals surface area (Å²) >= 11 is 0. The Labute approximate surface area is 138 Å². The number of aryl methyl sites for hydroxylation is 1. The zero-order valence-electron chi connectivity index (χ0n) is 13.8. The van der Waals surface area contributed by atoms with Crippen molar-refractivity contribution in [1.29, 1.82) is 0 Å². The lowest BCUT2D eigenvalue weighted by Gasteiger charge is -2.33. The van der Waals surface area contributed by atoms with E-state index in [1.165, 1.54) is 11.1 Å². The second-order valence-corrected chi connectivity index (χ2v) is 6.31. The Bertz CT molecular complexity index is 700. The van der Waals surface area contributed by atoms with E-state index < -0.39 is 0 Å². The molecular formula is C21H23NO. The van der Waals surface area contributed by atoms with Crippen LogP contribution in [0.2, 0.25) is 0 Å². The topological polar surface area (TPSA) is 20.3 Å². The molecule has 0 amide bonds. The fourth-order valence-electron chi connectivity index (χ4n) is 3.05. The molecule has 1 aliphatic heterocycles. The van der Waals surface area contributed by atoms with Crippen LogP contribution in [0.4, 0.5) is 0 Å². The van der Waals surface area contributed by atoms with E-state index in [-0.39, 0.29) is 5.78 Å². The van der Waals surface area contributed by atoms with Gasteiger partial charge in [-0.25, -0.2) is 0 Å². The standard InChI is InChI=1S/C21H23NO/c1-16-8-10-18(11-9-16)14-20-15-22(13-12-21(20)23)17(2)19-6-4-3-5-7-19/h3-11,14,17H,12-13,15H2,1-2H3/b20-14+/t17-/m1/s1. The summed E-state index contributed by atoms with van der Waals surface area (Å²) in [7, 11) is 0. The molecule has 1 atom stereocenters. The normalized spacial score (nSPS) is 19.0. The second-order valence-electron chi connectivity index (χ2n) is 6.31. The lowest BCUT2D eigenvalue weighted by Crippen LogP contribution is -2.37. The van der Waals surface area contributed by atoms with E-state index in [2.05, 4.69) is 67.3 Å². The number of piperidine rings is 1. The first-order valence-electron chi connectivity index (χ1n) is 8.23. The van der Waals surface area contributed by atoms with Crippen LogP contribution in [0.5, 0.6) is 0 Å². The summed E-state index contributed by atoms with van der Waals surface area (Å²) in [5.41, 5.74) is 4.56. The molecule has 0 aliphatic carbocycles. The van der Waals surface area contributed by atoms with Crippen LogP contribution in [0, 0.1) is 6.92 Å². The molecule has 1 saturated heterocycles. The highest BCUT2D eigenvalue weighted by atomic mass is 16.1. The van der Waals surface area contributed by atoms with Crippen molar-refractivity contribution < 1.29 is 4.79 Å². The number of hydrogen-bond donors (Lipinski definition) is 0. The highest BCUT2D eigenvalue weighted by Gasteiger charge is 2.25. The largest absolute Gasteiger partial charge is 0.294 e. The highest BCUT2D eigenvalue weighted by Crippen LogP contribution is 2.25. The molecule has 0 aromatic heterocycles. The van der Waals surface area contributed by atoms with E-state index >= 15 is 0 Å². The Morgan fingerprint density at radius 2 is 1.74 bits per heavy atom. The molecule has 0 N–H and O–H groups in total. The van der Waals surface area contributed by atoms with Gasteiger partial charge in [0.2, 0.25) is 0 Å². The van der Waals surface area contributed by atoms with Crippen LogP contribution >= 0.6 is 0 Å². The van der Waals surface area contributed by atoms with Crippen LogP contribution in [0.15, 0.2) is 60.2 Å². The Kier molecular flexibility index (Phi) is 4.73. The molecule has 3 rings (SSSR count). The fraction of sp³-hybridized carbons (Fsp3) is 0.286. The number of Topliss-reactive ketones (excluding diaryl/α,β-unsaturated/α-hetero) is 1. The van der Waals surface area contributed by atoms with E-state index in [1.807, 2.05) is 12.1 Å². The van der Waals surface area contributed by atoms with Crippen molar-refractivity contribution in [3.05, 3.63) is 76.9 Å². The first-order valence-corrected chi connectivity index (χ1v) is 8.23. The summed E-state index contributed by atoms with van der Waals surface area (Å²) < 4.78 is 0. The summed E-state index contributed by atoms with van der Waals surface area (Å²) in [4.78, 5) is 14.7. The zero-order valence-corrected chi connectivity index (χ0v) is 13.8. The average Bonchev–Trinajstić information content (AvgIpc) is 2.59. The van der Waals surface area contributed by atoms with Gasteiger partial charge in [0.1, 0.15) is 0 Å². The lowest BCUT2D eigenvalue weighted by atomic mass is 9.97. The molecule has 2 aromatic carbocycles. The third kappa shape index (κ3) is 3.77. The first kappa shape index (κ1) is 15.7. The molecule has 0 unspecified atom stereocenters. The van der Waals surface area contributed by atoms with Crippen LogP contribution in [0.1, 0.15) is 36.1 Å². The molecule has 1 aliphatic rings. The summed E-state index contributed by atoms with van der Waals surface area (Å²) in [5.74, 6) is 0.280. The summed E-state index contributed by atoms with van der Waals surface area (Å²) in [6.45, 7) is 5.85. The van der Waals surface area contributed by atoms with Gasteiger partial charge >= 0.3 is 0 Å². The Morgan fingerprint density at radius 3 is 2.43 bits per heavy atom. The zero-order chi connectivity index (χ0) is 16.2. The molecule has 0 bridgehead atoms. The molecule has 2 nitrogen and oxygen atoms in total. The fourth-order valence-corrected chi connectivity index (χ4v) is 3.05. The summed E-state index contributed by atoms with van der Waals surface area (Å²) in [6.07, 6.45) is 2.65. The minimum absolute atomic E-state index is 0.280. The minimum Gasteiger partial charge on any atom is -0.294 e. The number of rotatable bonds is 3. The average molecular weight is 305 g/mol. The van der Waals surface area contributed by atoms with Gasteiger partial charge in [-0.1, -0.05) is 60.2 Å². The van der Waals surface area contributed by atoms with Crippen molar-refractivity contribution in [3.8, 4) is 0 Å². The predicted molar refractivity (Wildman–Crippen MR) is 95.2 cm³/mol. The smallest absolute Gasteiger partial charge is 0.161 e. The lowest BCUT2D eigenvalue weighted by molar-refractivity contribution is -0.117. The number of carbonyl (C=O) groups excluding carboxylic acids is 1. The van der Waals surface area contributed by atoms with Gasteiger partial charge in [-0.2, -0.15) is 0 Å². The van der Waals surface area contributed by atoms with Crippen LogP contribution < -0.4 is 0 Å². The number of likely N-dealkylation sites (tertiary alicyclic amines) is 1. The molecule has 0 saturated carbocycles. The molecule has 0 spiro atoms. The number of ketones is 1. The third-order valence-electron chi connectivity index (χ3n) is 4.61. The number of nitrogens with zero attached hydrogens (tertiary/aromatic N) is 1. The van der Waals surface area contributed by atoms with E-state index in [0.29, 0.717) is 12.5 Å². The van der Waals surface area contributed by atoms with Crippen molar-refractivity contribution in [2.75, 3.05) is 13.1 Å². The summed E-state index contributed by atoms with van der Waals surface area (Å²) in [5, 5.41) is 0. The van der Waals surface area contributed by atoms with Crippen molar-refractivity contribution in [2.45, 2.75) is 26.3 Å². The van der Waals surface area contributed by atoms with Crippen molar-refractivity contribution >= 4 is 11.9 Å². The third-order valence-corrected chi connectivity index (χ3v) is 4.61. The molecule has 118 valence electrons. The molecule has 2 heteroatoms. The van der Waals surface area contributed by atoms with Crippen molar-refractivity contribution in [1.82, 2.24) is 4.90 Å². The van der Waals surface area contributed by atoms with E-state index in [1.54, 1.807) is 0 Å². The van der Waals surface area contributed by atoms with Gasteiger partial charge in [0.15, 0.2) is 5.78 Å². The van der Waals surface area contributed by atoms with Gasteiger partial charge < -0.3 is 0 Å². The van der Waals surface area contributed by atoms with E-state index in [9.17, 15) is 4.79 Å². The monoisotopic (exact) mass is 305 g/mol. The van der Waals surface area contributed by atoms with Crippen LogP contribution in [-0.2, 0) is 4.79 Å². The maximum atomic E-state index is 12.3. The maximum absolute atomic E-state index is 12.3. The van der Waals surface area contributed by atoms with Gasteiger partial charge in [-0.05, 0) is 31.1 Å². The minimum atomic E-state index is 0.280. The van der Waals surface area contributed by atoms with E-state index in [4.69, 9.17) is 0 Å². The first-order chi connectivity index (χ1) is 11.1. The summed E-state index contributed by atoms with van der Waals surface area (Å²) in [6, 6.07) is 19.2. The molecule has 1 heterocycles. The number of carbonyl (C=O) groups is 1. The maximum Gasteiger partial charge on any atom is 0.161 e.